The Labute approximate surface area is 82.9 Å². The standard InChI is InChI=1S/C9H18O5/c1-4-5(2)9(13)14-8(7(4)12)6(11)3-10/h4-13H,3H2,1-2H3/t4-,5-,6-,7-,8-,9?/m1/s1. The van der Waals surface area contributed by atoms with Crippen LogP contribution in [0.4, 0.5) is 0 Å². The molecule has 14 heavy (non-hydrogen) atoms. The minimum atomic E-state index is -1.16. The van der Waals surface area contributed by atoms with Crippen molar-refractivity contribution in [3.8, 4) is 0 Å². The van der Waals surface area contributed by atoms with E-state index < -0.39 is 31.2 Å². The van der Waals surface area contributed by atoms with E-state index in [1.807, 2.05) is 0 Å². The van der Waals surface area contributed by atoms with Crippen LogP contribution in [0.25, 0.3) is 0 Å². The average Bonchev–Trinajstić information content (AvgIpc) is 2.19. The summed E-state index contributed by atoms with van der Waals surface area (Å²) in [7, 11) is 0. The van der Waals surface area contributed by atoms with Crippen molar-refractivity contribution >= 4 is 0 Å². The Morgan fingerprint density at radius 1 is 1.21 bits per heavy atom. The minimum Gasteiger partial charge on any atom is -0.394 e. The maximum atomic E-state index is 9.72. The van der Waals surface area contributed by atoms with Crippen LogP contribution in [-0.4, -0.2) is 51.6 Å². The molecule has 0 aromatic rings. The number of ether oxygens (including phenoxy) is 1. The first-order valence-electron chi connectivity index (χ1n) is 4.79. The number of hydrogen-bond acceptors (Lipinski definition) is 5. The lowest BCUT2D eigenvalue weighted by Gasteiger charge is -2.41. The van der Waals surface area contributed by atoms with Crippen LogP contribution in [-0.2, 0) is 4.74 Å². The van der Waals surface area contributed by atoms with Gasteiger partial charge in [0.05, 0.1) is 12.7 Å². The molecule has 0 spiro atoms. The molecule has 0 amide bonds. The maximum absolute atomic E-state index is 9.72. The quantitative estimate of drug-likeness (QED) is 0.450. The van der Waals surface area contributed by atoms with Gasteiger partial charge in [-0.25, -0.2) is 0 Å². The second kappa shape index (κ2) is 4.55. The van der Waals surface area contributed by atoms with Gasteiger partial charge in [-0.15, -0.1) is 0 Å². The summed E-state index contributed by atoms with van der Waals surface area (Å²) in [5.74, 6) is -0.364. The molecule has 0 aromatic carbocycles. The number of aliphatic hydroxyl groups excluding tert-OH is 4. The molecule has 0 aromatic heterocycles. The van der Waals surface area contributed by atoms with Crippen LogP contribution in [0.5, 0.6) is 0 Å². The van der Waals surface area contributed by atoms with Gasteiger partial charge in [0.2, 0.25) is 0 Å². The van der Waals surface area contributed by atoms with Gasteiger partial charge in [0.15, 0.2) is 6.29 Å². The SMILES string of the molecule is C[C@H]1[C@@H](O)[C@@H]([C@H](O)CO)OC(O)[C@@H]1C. The Bertz CT molecular complexity index is 186. The van der Waals surface area contributed by atoms with Crippen LogP contribution >= 0.6 is 0 Å². The van der Waals surface area contributed by atoms with E-state index in [1.54, 1.807) is 13.8 Å². The second-order valence-corrected chi connectivity index (χ2v) is 3.95. The fourth-order valence-corrected chi connectivity index (χ4v) is 1.66. The molecule has 5 heteroatoms. The van der Waals surface area contributed by atoms with Gasteiger partial charge in [-0.2, -0.15) is 0 Å². The van der Waals surface area contributed by atoms with Gasteiger partial charge in [0.1, 0.15) is 12.2 Å². The lowest BCUT2D eigenvalue weighted by Crippen LogP contribution is -2.54. The van der Waals surface area contributed by atoms with Crippen LogP contribution in [0.15, 0.2) is 0 Å². The topological polar surface area (TPSA) is 90.2 Å². The highest BCUT2D eigenvalue weighted by Crippen LogP contribution is 2.30. The van der Waals surface area contributed by atoms with E-state index in [-0.39, 0.29) is 11.8 Å². The monoisotopic (exact) mass is 206 g/mol. The highest BCUT2D eigenvalue weighted by Gasteiger charge is 2.42. The molecular weight excluding hydrogens is 188 g/mol. The first-order valence-corrected chi connectivity index (χ1v) is 4.79. The van der Waals surface area contributed by atoms with Crippen molar-refractivity contribution in [1.82, 2.24) is 0 Å². The summed E-state index contributed by atoms with van der Waals surface area (Å²) >= 11 is 0. The summed E-state index contributed by atoms with van der Waals surface area (Å²) in [6.07, 6.45) is -3.94. The Kier molecular flexibility index (Phi) is 3.86. The molecule has 1 unspecified atom stereocenters. The number of hydrogen-bond donors (Lipinski definition) is 4. The van der Waals surface area contributed by atoms with Gasteiger partial charge < -0.3 is 25.2 Å². The van der Waals surface area contributed by atoms with Crippen LogP contribution in [0.3, 0.4) is 0 Å². The largest absolute Gasteiger partial charge is 0.394 e. The smallest absolute Gasteiger partial charge is 0.158 e. The molecule has 6 atom stereocenters. The Morgan fingerprint density at radius 2 is 1.79 bits per heavy atom. The van der Waals surface area contributed by atoms with Crippen LogP contribution in [0, 0.1) is 11.8 Å². The third kappa shape index (κ3) is 2.07. The van der Waals surface area contributed by atoms with Crippen LogP contribution < -0.4 is 0 Å². The predicted octanol–water partition coefficient (Wildman–Crippen LogP) is -1.31. The first-order chi connectivity index (χ1) is 6.49. The molecule has 0 radical (unpaired) electrons. The highest BCUT2D eigenvalue weighted by molar-refractivity contribution is 4.88. The molecule has 1 rings (SSSR count). The fourth-order valence-electron chi connectivity index (χ4n) is 1.66. The van der Waals surface area contributed by atoms with Crippen LogP contribution in [0.2, 0.25) is 0 Å². The van der Waals surface area contributed by atoms with Crippen molar-refractivity contribution in [1.29, 1.82) is 0 Å². The van der Waals surface area contributed by atoms with Gasteiger partial charge in [0.25, 0.3) is 0 Å². The summed E-state index contributed by atoms with van der Waals surface area (Å²) < 4.78 is 5.03. The summed E-state index contributed by atoms with van der Waals surface area (Å²) in [5.41, 5.74) is 0. The molecule has 1 heterocycles. The molecule has 1 aliphatic rings. The van der Waals surface area contributed by atoms with Crippen molar-refractivity contribution in [3.05, 3.63) is 0 Å². The Balaban J connectivity index is 2.70. The van der Waals surface area contributed by atoms with Crippen LogP contribution in [0.1, 0.15) is 13.8 Å². The number of rotatable bonds is 2. The molecule has 1 fully saturated rings. The average molecular weight is 206 g/mol. The number of aliphatic hydroxyl groups is 4. The lowest BCUT2D eigenvalue weighted by atomic mass is 9.83. The summed E-state index contributed by atoms with van der Waals surface area (Å²) in [5, 5.41) is 37.2. The van der Waals surface area contributed by atoms with Gasteiger partial charge >= 0.3 is 0 Å². The van der Waals surface area contributed by atoms with Crippen molar-refractivity contribution in [2.24, 2.45) is 11.8 Å². The zero-order chi connectivity index (χ0) is 10.9. The molecule has 84 valence electrons. The van der Waals surface area contributed by atoms with Crippen molar-refractivity contribution in [3.63, 3.8) is 0 Å². The Morgan fingerprint density at radius 3 is 2.29 bits per heavy atom. The lowest BCUT2D eigenvalue weighted by molar-refractivity contribution is -0.266. The van der Waals surface area contributed by atoms with E-state index in [4.69, 9.17) is 9.84 Å². The van der Waals surface area contributed by atoms with Gasteiger partial charge in [-0.3, -0.25) is 0 Å². The first kappa shape index (κ1) is 11.9. The molecule has 4 N–H and O–H groups in total. The molecule has 0 bridgehead atoms. The zero-order valence-electron chi connectivity index (χ0n) is 8.37. The molecule has 1 aliphatic heterocycles. The normalized spacial score (nSPS) is 46.3. The molecule has 0 saturated carbocycles. The molecule has 1 saturated heterocycles. The van der Waals surface area contributed by atoms with Crippen molar-refractivity contribution in [2.45, 2.75) is 38.4 Å². The minimum absolute atomic E-state index is 0.176. The van der Waals surface area contributed by atoms with E-state index in [2.05, 4.69) is 0 Å². The summed E-state index contributed by atoms with van der Waals surface area (Å²) in [4.78, 5) is 0. The van der Waals surface area contributed by atoms with Gasteiger partial charge in [0, 0.05) is 5.92 Å². The predicted molar refractivity (Wildman–Crippen MR) is 48.3 cm³/mol. The summed E-state index contributed by atoms with van der Waals surface area (Å²) in [6.45, 7) is 3.05. The Hall–Kier alpha value is -0.200. The molecule has 0 aliphatic carbocycles. The molecule has 5 nitrogen and oxygen atoms in total. The van der Waals surface area contributed by atoms with E-state index in [0.717, 1.165) is 0 Å². The third-order valence-corrected chi connectivity index (χ3v) is 3.02. The highest BCUT2D eigenvalue weighted by atomic mass is 16.6. The fraction of sp³-hybridized carbons (Fsp3) is 1.00. The zero-order valence-corrected chi connectivity index (χ0v) is 8.37. The van der Waals surface area contributed by atoms with Crippen molar-refractivity contribution < 1.29 is 25.2 Å². The maximum Gasteiger partial charge on any atom is 0.158 e. The molecular formula is C9H18O5. The van der Waals surface area contributed by atoms with Gasteiger partial charge in [-0.05, 0) is 5.92 Å². The second-order valence-electron chi connectivity index (χ2n) is 3.95. The third-order valence-electron chi connectivity index (χ3n) is 3.02. The van der Waals surface area contributed by atoms with E-state index in [9.17, 15) is 15.3 Å². The van der Waals surface area contributed by atoms with E-state index >= 15 is 0 Å². The van der Waals surface area contributed by atoms with Crippen molar-refractivity contribution in [2.75, 3.05) is 6.61 Å². The van der Waals surface area contributed by atoms with E-state index in [1.165, 1.54) is 0 Å². The van der Waals surface area contributed by atoms with E-state index in [0.29, 0.717) is 0 Å². The van der Waals surface area contributed by atoms with Gasteiger partial charge in [-0.1, -0.05) is 13.8 Å². The summed E-state index contributed by atoms with van der Waals surface area (Å²) in [6, 6.07) is 0.